The number of aromatic hydroxyl groups is 1. The van der Waals surface area contributed by atoms with Crippen LogP contribution in [0.4, 0.5) is 5.13 Å². The van der Waals surface area contributed by atoms with Crippen LogP contribution in [-0.4, -0.2) is 28.6 Å². The van der Waals surface area contributed by atoms with E-state index in [0.29, 0.717) is 10.7 Å². The third-order valence-corrected chi connectivity index (χ3v) is 5.27. The fraction of sp³-hybridized carbons (Fsp3) is 0.227. The average Bonchev–Trinajstić information content (AvgIpc) is 3.13. The Bertz CT molecular complexity index is 1040. The standard InChI is InChI=1S/C22H22N2O4S/c1-13-8-15(3)18(9-14(13)2)19-12-29-22(23-19)24-20(26)11-28-21(27)10-16-4-6-17(25)7-5-16/h4-9,12,25H,10-11H2,1-3H3,(H,23,24,26). The van der Waals surface area contributed by atoms with Gasteiger partial charge in [0.05, 0.1) is 12.1 Å². The van der Waals surface area contributed by atoms with Gasteiger partial charge in [-0.1, -0.05) is 18.2 Å². The van der Waals surface area contributed by atoms with E-state index < -0.39 is 11.9 Å². The second-order valence-electron chi connectivity index (χ2n) is 6.84. The monoisotopic (exact) mass is 410 g/mol. The molecule has 0 saturated carbocycles. The van der Waals surface area contributed by atoms with E-state index in [2.05, 4.69) is 36.3 Å². The highest BCUT2D eigenvalue weighted by molar-refractivity contribution is 7.14. The van der Waals surface area contributed by atoms with Crippen molar-refractivity contribution in [1.82, 2.24) is 4.98 Å². The van der Waals surface area contributed by atoms with Gasteiger partial charge >= 0.3 is 5.97 Å². The number of phenols is 1. The van der Waals surface area contributed by atoms with Crippen molar-refractivity contribution in [2.24, 2.45) is 0 Å². The lowest BCUT2D eigenvalue weighted by Crippen LogP contribution is -2.21. The number of nitrogens with one attached hydrogen (secondary N) is 1. The molecule has 0 saturated heterocycles. The van der Waals surface area contributed by atoms with Gasteiger partial charge in [-0.2, -0.15) is 0 Å². The highest BCUT2D eigenvalue weighted by Crippen LogP contribution is 2.29. The van der Waals surface area contributed by atoms with Crippen molar-refractivity contribution in [1.29, 1.82) is 0 Å². The Morgan fingerprint density at radius 2 is 1.76 bits per heavy atom. The van der Waals surface area contributed by atoms with Gasteiger partial charge in [0.15, 0.2) is 11.7 Å². The molecule has 2 aromatic carbocycles. The van der Waals surface area contributed by atoms with Crippen LogP contribution in [0.1, 0.15) is 22.3 Å². The van der Waals surface area contributed by atoms with Crippen molar-refractivity contribution < 1.29 is 19.4 Å². The van der Waals surface area contributed by atoms with E-state index in [9.17, 15) is 14.7 Å². The van der Waals surface area contributed by atoms with Gasteiger partial charge in [-0.25, -0.2) is 4.98 Å². The summed E-state index contributed by atoms with van der Waals surface area (Å²) in [6.45, 7) is 5.78. The van der Waals surface area contributed by atoms with Crippen LogP contribution in [0.25, 0.3) is 11.3 Å². The summed E-state index contributed by atoms with van der Waals surface area (Å²) in [7, 11) is 0. The number of aryl methyl sites for hydroxylation is 3. The van der Waals surface area contributed by atoms with Crippen LogP contribution in [-0.2, 0) is 20.7 Å². The van der Waals surface area contributed by atoms with E-state index in [-0.39, 0.29) is 18.8 Å². The molecule has 0 radical (unpaired) electrons. The third-order valence-electron chi connectivity index (χ3n) is 4.52. The van der Waals surface area contributed by atoms with Crippen molar-refractivity contribution in [3.63, 3.8) is 0 Å². The number of rotatable bonds is 6. The zero-order valence-electron chi connectivity index (χ0n) is 16.5. The second kappa shape index (κ2) is 8.87. The molecule has 2 N–H and O–H groups in total. The number of ether oxygens (including phenoxy) is 1. The van der Waals surface area contributed by atoms with Gasteiger partial charge in [0.1, 0.15) is 5.75 Å². The third kappa shape index (κ3) is 5.42. The number of aromatic nitrogens is 1. The summed E-state index contributed by atoms with van der Waals surface area (Å²) in [6.07, 6.45) is 0.0288. The van der Waals surface area contributed by atoms with Crippen molar-refractivity contribution in [3.8, 4) is 17.0 Å². The Morgan fingerprint density at radius 1 is 1.07 bits per heavy atom. The molecule has 0 aliphatic rings. The lowest BCUT2D eigenvalue weighted by molar-refractivity contribution is -0.146. The molecule has 0 atom stereocenters. The maximum absolute atomic E-state index is 12.1. The molecule has 1 aromatic heterocycles. The van der Waals surface area contributed by atoms with Crippen molar-refractivity contribution in [2.45, 2.75) is 27.2 Å². The molecule has 1 amide bonds. The van der Waals surface area contributed by atoms with E-state index in [4.69, 9.17) is 4.74 Å². The minimum absolute atomic E-state index is 0.0288. The predicted octanol–water partition coefficient (Wildman–Crippen LogP) is 4.17. The number of carbonyl (C=O) groups excluding carboxylic acids is 2. The normalized spacial score (nSPS) is 10.6. The predicted molar refractivity (Wildman–Crippen MR) is 113 cm³/mol. The molecular weight excluding hydrogens is 388 g/mol. The van der Waals surface area contributed by atoms with Crippen LogP contribution in [0.15, 0.2) is 41.8 Å². The van der Waals surface area contributed by atoms with E-state index in [1.807, 2.05) is 12.3 Å². The molecule has 1 heterocycles. The van der Waals surface area contributed by atoms with Gasteiger partial charge in [-0.3, -0.25) is 14.9 Å². The number of esters is 1. The molecule has 3 aromatic rings. The first-order valence-corrected chi connectivity index (χ1v) is 9.97. The summed E-state index contributed by atoms with van der Waals surface area (Å²) in [6, 6.07) is 10.5. The number of benzene rings is 2. The van der Waals surface area contributed by atoms with Crippen LogP contribution in [0.5, 0.6) is 5.75 Å². The topological polar surface area (TPSA) is 88.5 Å². The number of thiazole rings is 1. The summed E-state index contributed by atoms with van der Waals surface area (Å²) in [5.41, 5.74) is 6.07. The smallest absolute Gasteiger partial charge is 0.310 e. The average molecular weight is 410 g/mol. The fourth-order valence-corrected chi connectivity index (χ4v) is 3.55. The van der Waals surface area contributed by atoms with Gasteiger partial charge in [0.25, 0.3) is 5.91 Å². The minimum atomic E-state index is -0.517. The Hall–Kier alpha value is -3.19. The molecule has 3 rings (SSSR count). The first-order chi connectivity index (χ1) is 13.8. The molecule has 0 bridgehead atoms. The summed E-state index contributed by atoms with van der Waals surface area (Å²) in [4.78, 5) is 28.4. The molecular formula is C22H22N2O4S. The maximum Gasteiger partial charge on any atom is 0.310 e. The number of hydrogen-bond donors (Lipinski definition) is 2. The fourth-order valence-electron chi connectivity index (χ4n) is 2.82. The van der Waals surface area contributed by atoms with Gasteiger partial charge < -0.3 is 9.84 Å². The molecule has 0 spiro atoms. The number of carbonyl (C=O) groups is 2. The SMILES string of the molecule is Cc1cc(C)c(-c2csc(NC(=O)COC(=O)Cc3ccc(O)cc3)n2)cc1C. The number of amides is 1. The highest BCUT2D eigenvalue weighted by atomic mass is 32.1. The minimum Gasteiger partial charge on any atom is -0.508 e. The van der Waals surface area contributed by atoms with E-state index in [1.165, 1.54) is 34.6 Å². The number of phenolic OH excluding ortho intramolecular Hbond substituents is 1. The first kappa shape index (κ1) is 20.5. The zero-order chi connectivity index (χ0) is 21.0. The van der Waals surface area contributed by atoms with Crippen LogP contribution in [0.3, 0.4) is 0 Å². The van der Waals surface area contributed by atoms with E-state index in [1.54, 1.807) is 12.1 Å². The van der Waals surface area contributed by atoms with Crippen LogP contribution < -0.4 is 5.32 Å². The Kier molecular flexibility index (Phi) is 6.29. The maximum atomic E-state index is 12.1. The Labute approximate surface area is 173 Å². The van der Waals surface area contributed by atoms with E-state index >= 15 is 0 Å². The summed E-state index contributed by atoms with van der Waals surface area (Å²) < 4.78 is 5.01. The van der Waals surface area contributed by atoms with Crippen molar-refractivity contribution in [3.05, 3.63) is 64.0 Å². The number of hydrogen-bond acceptors (Lipinski definition) is 6. The van der Waals surface area contributed by atoms with Crippen LogP contribution >= 0.6 is 11.3 Å². The molecule has 0 unspecified atom stereocenters. The van der Waals surface area contributed by atoms with Gasteiger partial charge in [0, 0.05) is 10.9 Å². The first-order valence-electron chi connectivity index (χ1n) is 9.09. The Morgan fingerprint density at radius 3 is 2.48 bits per heavy atom. The number of nitrogens with zero attached hydrogens (tertiary/aromatic N) is 1. The summed E-state index contributed by atoms with van der Waals surface area (Å²) >= 11 is 1.32. The molecule has 0 fully saturated rings. The van der Waals surface area contributed by atoms with Crippen LogP contribution in [0.2, 0.25) is 0 Å². The summed E-state index contributed by atoms with van der Waals surface area (Å²) in [5.74, 6) is -0.835. The lowest BCUT2D eigenvalue weighted by atomic mass is 9.99. The van der Waals surface area contributed by atoms with Gasteiger partial charge in [0.2, 0.25) is 0 Å². The quantitative estimate of drug-likeness (QED) is 0.596. The molecule has 150 valence electrons. The van der Waals surface area contributed by atoms with E-state index in [0.717, 1.165) is 16.8 Å². The van der Waals surface area contributed by atoms with Gasteiger partial charge in [-0.05, 0) is 61.2 Å². The highest BCUT2D eigenvalue weighted by Gasteiger charge is 2.13. The second-order valence-corrected chi connectivity index (χ2v) is 7.70. The van der Waals surface area contributed by atoms with Crippen molar-refractivity contribution >= 4 is 28.3 Å². The Balaban J connectivity index is 1.54. The van der Waals surface area contributed by atoms with Gasteiger partial charge in [-0.15, -0.1) is 11.3 Å². The molecule has 0 aliphatic heterocycles. The largest absolute Gasteiger partial charge is 0.508 e. The van der Waals surface area contributed by atoms with Crippen LogP contribution in [0, 0.1) is 20.8 Å². The summed E-state index contributed by atoms with van der Waals surface area (Å²) in [5, 5.41) is 14.3. The molecule has 6 nitrogen and oxygen atoms in total. The number of anilines is 1. The molecule has 29 heavy (non-hydrogen) atoms. The zero-order valence-corrected chi connectivity index (χ0v) is 17.3. The molecule has 0 aliphatic carbocycles. The van der Waals surface area contributed by atoms with Crippen molar-refractivity contribution in [2.75, 3.05) is 11.9 Å². The lowest BCUT2D eigenvalue weighted by Gasteiger charge is -2.07. The molecule has 7 heteroatoms.